The van der Waals surface area contributed by atoms with E-state index in [1.165, 1.54) is 32.9 Å². The van der Waals surface area contributed by atoms with E-state index < -0.39 is 0 Å². The molecule has 0 saturated carbocycles. The average Bonchev–Trinajstić information content (AvgIpc) is 3.05. The average molecular weight is 572 g/mol. The van der Waals surface area contributed by atoms with Gasteiger partial charge < -0.3 is 14.4 Å². The smallest absolute Gasteiger partial charge is 0.229 e. The molecule has 4 heteroatoms. The second kappa shape index (κ2) is 9.92. The van der Waals surface area contributed by atoms with Crippen molar-refractivity contribution in [2.45, 2.75) is 38.3 Å². The molecule has 0 saturated heterocycles. The highest BCUT2D eigenvalue weighted by molar-refractivity contribution is 6.84. The van der Waals surface area contributed by atoms with Gasteiger partial charge in [-0.3, -0.25) is 0 Å². The Hall–Kier alpha value is -4.70. The van der Waals surface area contributed by atoms with E-state index in [-0.39, 0.29) is 24.7 Å². The lowest BCUT2D eigenvalue weighted by Gasteiger charge is -2.45. The summed E-state index contributed by atoms with van der Waals surface area (Å²) >= 11 is 0. The standard InChI is InChI=1S/C40H34BNO2/c1-25-11-17-36-34(19-25)41-35-20-26(2)12-18-37(35)44-39-24-33(23-38(43-36)40(39)41)42(31-15-13-27-7-3-5-9-29(27)21-31)32-16-14-28-8-4-6-10-30(28)22-32/h3-17,19-24,27,29,34,36-37H,18H2,1-2H3. The van der Waals surface area contributed by atoms with Gasteiger partial charge in [-0.2, -0.15) is 0 Å². The molecular weight excluding hydrogens is 537 g/mol. The van der Waals surface area contributed by atoms with Gasteiger partial charge in [-0.1, -0.05) is 108 Å². The summed E-state index contributed by atoms with van der Waals surface area (Å²) in [6.45, 7) is 4.63. The van der Waals surface area contributed by atoms with Gasteiger partial charge in [-0.15, -0.1) is 0 Å². The SMILES string of the molecule is CC1=CCC2Oc3cc(N(C4=CC5C=CC=CC5C=C4)c4ccc5ccccc5c4)cc4c3B(C2=C1)C1C=C(C)C=CC1O4. The normalized spacial score (nSPS) is 27.0. The maximum Gasteiger partial charge on any atom is 0.229 e. The quantitative estimate of drug-likeness (QED) is 0.294. The second-order valence-corrected chi connectivity index (χ2v) is 12.9. The zero-order chi connectivity index (χ0) is 29.4. The van der Waals surface area contributed by atoms with Crippen molar-refractivity contribution >= 4 is 34.3 Å². The van der Waals surface area contributed by atoms with Gasteiger partial charge in [-0.05, 0) is 48.9 Å². The summed E-state index contributed by atoms with van der Waals surface area (Å²) in [4.78, 5) is 2.38. The molecule has 3 aromatic carbocycles. The summed E-state index contributed by atoms with van der Waals surface area (Å²) in [5.74, 6) is 2.84. The van der Waals surface area contributed by atoms with Crippen LogP contribution in [0.25, 0.3) is 10.8 Å². The number of nitrogens with zero attached hydrogens (tertiary/aromatic N) is 1. The Bertz CT molecular complexity index is 1970. The Morgan fingerprint density at radius 1 is 0.750 bits per heavy atom. The van der Waals surface area contributed by atoms with Crippen LogP contribution in [0.1, 0.15) is 20.3 Å². The zero-order valence-electron chi connectivity index (χ0n) is 25.1. The predicted octanol–water partition coefficient (Wildman–Crippen LogP) is 8.72. The van der Waals surface area contributed by atoms with E-state index in [4.69, 9.17) is 9.47 Å². The summed E-state index contributed by atoms with van der Waals surface area (Å²) in [6.07, 6.45) is 28.4. The highest BCUT2D eigenvalue weighted by Crippen LogP contribution is 2.47. The van der Waals surface area contributed by atoms with Crippen molar-refractivity contribution < 1.29 is 9.47 Å². The van der Waals surface area contributed by atoms with E-state index in [9.17, 15) is 0 Å². The lowest BCUT2D eigenvalue weighted by molar-refractivity contribution is 0.221. The fourth-order valence-corrected chi connectivity index (χ4v) is 7.96. The third-order valence-corrected chi connectivity index (χ3v) is 10.1. The minimum Gasteiger partial charge on any atom is -0.487 e. The third-order valence-electron chi connectivity index (χ3n) is 10.1. The Kier molecular flexibility index (Phi) is 5.81. The van der Waals surface area contributed by atoms with Crippen molar-refractivity contribution in [2.24, 2.45) is 11.8 Å². The molecule has 6 aliphatic rings. The number of benzene rings is 3. The van der Waals surface area contributed by atoms with Gasteiger partial charge in [0.1, 0.15) is 23.7 Å². The molecule has 0 bridgehead atoms. The number of rotatable bonds is 3. The first-order chi connectivity index (χ1) is 21.6. The fraction of sp³-hybridized carbons (Fsp3) is 0.200. The number of ether oxygens (including phenoxy) is 2. The van der Waals surface area contributed by atoms with Crippen molar-refractivity contribution in [1.82, 2.24) is 0 Å². The number of allylic oxidation sites excluding steroid dienone is 11. The maximum atomic E-state index is 6.89. The van der Waals surface area contributed by atoms with Crippen molar-refractivity contribution in [3.05, 3.63) is 150 Å². The Morgan fingerprint density at radius 2 is 1.57 bits per heavy atom. The highest BCUT2D eigenvalue weighted by Gasteiger charge is 2.49. The minimum absolute atomic E-state index is 0.00649. The monoisotopic (exact) mass is 571 g/mol. The Balaban J connectivity index is 1.23. The number of hydrogen-bond acceptors (Lipinski definition) is 3. The first-order valence-electron chi connectivity index (χ1n) is 15.9. The van der Waals surface area contributed by atoms with Gasteiger partial charge in [0.2, 0.25) is 6.71 Å². The fourth-order valence-electron chi connectivity index (χ4n) is 7.96. The van der Waals surface area contributed by atoms with Crippen LogP contribution in [0.4, 0.5) is 11.4 Å². The molecule has 0 aromatic heterocycles. The highest BCUT2D eigenvalue weighted by atomic mass is 16.5. The molecule has 0 amide bonds. The van der Waals surface area contributed by atoms with Crippen molar-refractivity contribution in [2.75, 3.05) is 4.90 Å². The largest absolute Gasteiger partial charge is 0.487 e. The number of fused-ring (bicyclic) bond motifs is 6. The molecule has 3 nitrogen and oxygen atoms in total. The van der Waals surface area contributed by atoms with Gasteiger partial charge in [0.25, 0.3) is 0 Å². The summed E-state index contributed by atoms with van der Waals surface area (Å²) in [7, 11) is 0. The van der Waals surface area contributed by atoms with Gasteiger partial charge in [-0.25, -0.2) is 0 Å². The Labute approximate surface area is 259 Å². The van der Waals surface area contributed by atoms with E-state index in [1.54, 1.807) is 0 Å². The summed E-state index contributed by atoms with van der Waals surface area (Å²) in [6, 6.07) is 19.9. The molecule has 0 N–H and O–H groups in total. The number of hydrogen-bond donors (Lipinski definition) is 0. The van der Waals surface area contributed by atoms with Crippen LogP contribution in [0.2, 0.25) is 5.82 Å². The molecule has 9 rings (SSSR count). The van der Waals surface area contributed by atoms with E-state index >= 15 is 0 Å². The van der Waals surface area contributed by atoms with Crippen LogP contribution in [0.15, 0.2) is 150 Å². The van der Waals surface area contributed by atoms with Gasteiger partial charge >= 0.3 is 0 Å². The topological polar surface area (TPSA) is 21.7 Å². The van der Waals surface area contributed by atoms with Crippen LogP contribution in [-0.2, 0) is 0 Å². The summed E-state index contributed by atoms with van der Waals surface area (Å²) < 4.78 is 13.8. The molecule has 2 heterocycles. The molecule has 44 heavy (non-hydrogen) atoms. The Morgan fingerprint density at radius 3 is 2.45 bits per heavy atom. The van der Waals surface area contributed by atoms with Crippen LogP contribution in [0, 0.1) is 11.8 Å². The van der Waals surface area contributed by atoms with Crippen LogP contribution in [-0.4, -0.2) is 18.9 Å². The van der Waals surface area contributed by atoms with Gasteiger partial charge in [0.05, 0.1) is 5.69 Å². The minimum atomic E-state index is -0.00649. The molecule has 5 atom stereocenters. The molecule has 0 spiro atoms. The lowest BCUT2D eigenvalue weighted by atomic mass is 9.29. The predicted molar refractivity (Wildman–Crippen MR) is 182 cm³/mol. The molecule has 0 fully saturated rings. The first-order valence-corrected chi connectivity index (χ1v) is 15.9. The molecule has 5 unspecified atom stereocenters. The van der Waals surface area contributed by atoms with Crippen LogP contribution < -0.4 is 19.8 Å². The van der Waals surface area contributed by atoms with Crippen LogP contribution >= 0.6 is 0 Å². The summed E-state index contributed by atoms with van der Waals surface area (Å²) in [5, 5.41) is 2.45. The van der Waals surface area contributed by atoms with E-state index in [1.807, 2.05) is 0 Å². The van der Waals surface area contributed by atoms with Gasteiger partial charge in [0.15, 0.2) is 0 Å². The third kappa shape index (κ3) is 4.12. The molecule has 4 aliphatic carbocycles. The van der Waals surface area contributed by atoms with Crippen LogP contribution in [0.5, 0.6) is 11.5 Å². The molecule has 3 aromatic rings. The van der Waals surface area contributed by atoms with E-state index in [0.717, 1.165) is 35.0 Å². The number of anilines is 2. The molecule has 2 aliphatic heterocycles. The molecule has 0 radical (unpaired) electrons. The summed E-state index contributed by atoms with van der Waals surface area (Å²) in [5.41, 5.74) is 8.52. The lowest BCUT2D eigenvalue weighted by Crippen LogP contribution is -2.55. The first kappa shape index (κ1) is 25.8. The van der Waals surface area contributed by atoms with Crippen LogP contribution in [0.3, 0.4) is 0 Å². The zero-order valence-corrected chi connectivity index (χ0v) is 25.1. The van der Waals surface area contributed by atoms with Gasteiger partial charge in [0, 0.05) is 53.1 Å². The molecular formula is C40H34BNO2. The van der Waals surface area contributed by atoms with E-state index in [0.29, 0.717) is 11.8 Å². The van der Waals surface area contributed by atoms with Crippen molar-refractivity contribution in [3.8, 4) is 11.5 Å². The van der Waals surface area contributed by atoms with Crippen molar-refractivity contribution in [3.63, 3.8) is 0 Å². The molecule has 214 valence electrons. The maximum absolute atomic E-state index is 6.89. The second-order valence-electron chi connectivity index (χ2n) is 12.9. The van der Waals surface area contributed by atoms with E-state index in [2.05, 4.69) is 146 Å². The van der Waals surface area contributed by atoms with Crippen molar-refractivity contribution in [1.29, 1.82) is 0 Å².